The summed E-state index contributed by atoms with van der Waals surface area (Å²) in [7, 11) is -4.08. The summed E-state index contributed by atoms with van der Waals surface area (Å²) in [5, 5.41) is 12.0. The summed E-state index contributed by atoms with van der Waals surface area (Å²) in [5.41, 5.74) is 1.76. The van der Waals surface area contributed by atoms with E-state index in [0.717, 1.165) is 10.8 Å². The zero-order chi connectivity index (χ0) is 26.0. The first kappa shape index (κ1) is 26.7. The van der Waals surface area contributed by atoms with Gasteiger partial charge in [-0.1, -0.05) is 30.2 Å². The van der Waals surface area contributed by atoms with Crippen LogP contribution in [0, 0.1) is 11.8 Å². The molecule has 1 unspecified atom stereocenters. The van der Waals surface area contributed by atoms with Crippen LogP contribution >= 0.6 is 0 Å². The fraction of sp³-hybridized carbons (Fsp3) is 0.269. The minimum absolute atomic E-state index is 0.0402. The van der Waals surface area contributed by atoms with E-state index >= 15 is 0 Å². The van der Waals surface area contributed by atoms with Crippen molar-refractivity contribution in [2.45, 2.75) is 36.3 Å². The van der Waals surface area contributed by atoms with Gasteiger partial charge in [-0.15, -0.1) is 5.92 Å². The van der Waals surface area contributed by atoms with Gasteiger partial charge in [0, 0.05) is 18.1 Å². The number of amides is 2. The average Bonchev–Trinajstić information content (AvgIpc) is 2.90. The van der Waals surface area contributed by atoms with Gasteiger partial charge in [0.2, 0.25) is 0 Å². The first-order valence-electron chi connectivity index (χ1n) is 11.3. The zero-order valence-corrected chi connectivity index (χ0v) is 20.5. The van der Waals surface area contributed by atoms with Gasteiger partial charge in [-0.2, -0.15) is 0 Å². The van der Waals surface area contributed by atoms with E-state index in [2.05, 4.69) is 22.1 Å². The standard InChI is InChI=1S/C26H27N3O6S/c1-2-3-18-35-20-11-13-21(14-12-20)36(33,34)23(25(30)29-32)10-6-7-16-28-26(31)24-22-9-5-4-8-19(22)15-17-27-24/h4-5,8-9,11-15,17,23,32H,6-7,10,16,18H2,1H3,(H,28,31)(H,29,30). The number of carbonyl (C=O) groups is 2. The third-order valence-electron chi connectivity index (χ3n) is 5.48. The van der Waals surface area contributed by atoms with Gasteiger partial charge in [0.1, 0.15) is 23.3 Å². The van der Waals surface area contributed by atoms with Gasteiger partial charge in [0.15, 0.2) is 9.84 Å². The lowest BCUT2D eigenvalue weighted by molar-refractivity contribution is -0.128. The fourth-order valence-electron chi connectivity index (χ4n) is 3.62. The summed E-state index contributed by atoms with van der Waals surface area (Å²) < 4.78 is 31.5. The number of nitrogens with zero attached hydrogens (tertiary/aromatic N) is 1. The maximum absolute atomic E-state index is 13.1. The molecule has 3 aromatic rings. The molecule has 0 bridgehead atoms. The van der Waals surface area contributed by atoms with Gasteiger partial charge >= 0.3 is 0 Å². The number of pyridine rings is 1. The summed E-state index contributed by atoms with van der Waals surface area (Å²) in [6.07, 6.45) is 2.27. The highest BCUT2D eigenvalue weighted by atomic mass is 32.2. The molecule has 0 aliphatic carbocycles. The first-order valence-corrected chi connectivity index (χ1v) is 12.9. The quantitative estimate of drug-likeness (QED) is 0.157. The molecular weight excluding hydrogens is 482 g/mol. The molecule has 188 valence electrons. The van der Waals surface area contributed by atoms with Crippen molar-refractivity contribution in [1.82, 2.24) is 15.8 Å². The van der Waals surface area contributed by atoms with E-state index in [9.17, 15) is 18.0 Å². The van der Waals surface area contributed by atoms with Crippen LogP contribution in [-0.4, -0.2) is 48.8 Å². The number of aromatic nitrogens is 1. The smallest absolute Gasteiger partial charge is 0.270 e. The van der Waals surface area contributed by atoms with E-state index in [4.69, 9.17) is 9.94 Å². The summed E-state index contributed by atoms with van der Waals surface area (Å²) in [4.78, 5) is 28.9. The monoisotopic (exact) mass is 509 g/mol. The highest BCUT2D eigenvalue weighted by molar-refractivity contribution is 7.92. The van der Waals surface area contributed by atoms with Crippen molar-refractivity contribution >= 4 is 32.4 Å². The van der Waals surface area contributed by atoms with Crippen molar-refractivity contribution < 1.29 is 28.0 Å². The first-order chi connectivity index (χ1) is 17.4. The molecule has 3 N–H and O–H groups in total. The SMILES string of the molecule is CC#CCOc1ccc(S(=O)(=O)C(CCCCNC(=O)c2nccc3ccccc23)C(=O)NO)cc1. The Bertz CT molecular complexity index is 1370. The second kappa shape index (κ2) is 12.7. The van der Waals surface area contributed by atoms with Crippen molar-refractivity contribution in [1.29, 1.82) is 0 Å². The molecule has 0 aliphatic heterocycles. The number of hydroxylamine groups is 1. The van der Waals surface area contributed by atoms with E-state index in [1.165, 1.54) is 29.7 Å². The van der Waals surface area contributed by atoms with Crippen LogP contribution < -0.4 is 15.5 Å². The molecule has 0 aliphatic rings. The molecule has 2 amide bonds. The third kappa shape index (κ3) is 6.59. The fourth-order valence-corrected chi connectivity index (χ4v) is 5.28. The van der Waals surface area contributed by atoms with Gasteiger partial charge in [-0.3, -0.25) is 19.8 Å². The Morgan fingerprint density at radius 2 is 1.83 bits per heavy atom. The summed E-state index contributed by atoms with van der Waals surface area (Å²) in [6.45, 7) is 2.12. The molecule has 1 atom stereocenters. The van der Waals surface area contributed by atoms with Crippen LogP contribution in [0.5, 0.6) is 5.75 Å². The van der Waals surface area contributed by atoms with E-state index in [-0.39, 0.29) is 30.4 Å². The molecule has 36 heavy (non-hydrogen) atoms. The third-order valence-corrected chi connectivity index (χ3v) is 7.61. The predicted octanol–water partition coefficient (Wildman–Crippen LogP) is 2.88. The van der Waals surface area contributed by atoms with Crippen molar-refractivity contribution in [3.05, 3.63) is 66.5 Å². The molecule has 3 rings (SSSR count). The normalized spacial score (nSPS) is 11.7. The van der Waals surface area contributed by atoms with Crippen molar-refractivity contribution in [3.8, 4) is 17.6 Å². The van der Waals surface area contributed by atoms with Gasteiger partial charge < -0.3 is 10.1 Å². The molecule has 0 saturated carbocycles. The Kier molecular flexibility index (Phi) is 9.39. The van der Waals surface area contributed by atoms with Gasteiger partial charge in [-0.05, 0) is 61.9 Å². The van der Waals surface area contributed by atoms with Crippen LogP contribution in [0.4, 0.5) is 0 Å². The summed E-state index contributed by atoms with van der Waals surface area (Å²) in [6, 6.07) is 14.9. The molecule has 1 heterocycles. The van der Waals surface area contributed by atoms with Gasteiger partial charge in [0.25, 0.3) is 11.8 Å². The number of nitrogens with one attached hydrogen (secondary N) is 2. The van der Waals surface area contributed by atoms with E-state index < -0.39 is 21.0 Å². The minimum Gasteiger partial charge on any atom is -0.481 e. The molecule has 0 radical (unpaired) electrons. The van der Waals surface area contributed by atoms with Crippen molar-refractivity contribution in [2.24, 2.45) is 0 Å². The highest BCUT2D eigenvalue weighted by Gasteiger charge is 2.33. The lowest BCUT2D eigenvalue weighted by Crippen LogP contribution is -2.38. The molecule has 0 spiro atoms. The molecular formula is C26H27N3O6S. The molecule has 0 saturated heterocycles. The summed E-state index contributed by atoms with van der Waals surface area (Å²) >= 11 is 0. The topological polar surface area (TPSA) is 135 Å². The minimum atomic E-state index is -4.08. The number of sulfone groups is 1. The molecule has 0 fully saturated rings. The van der Waals surface area contributed by atoms with Gasteiger partial charge in [-0.25, -0.2) is 13.9 Å². The molecule has 2 aromatic carbocycles. The average molecular weight is 510 g/mol. The van der Waals surface area contributed by atoms with Crippen molar-refractivity contribution in [3.63, 3.8) is 0 Å². The number of hydrogen-bond acceptors (Lipinski definition) is 7. The van der Waals surface area contributed by atoms with Crippen LogP contribution in [0.3, 0.4) is 0 Å². The van der Waals surface area contributed by atoms with Gasteiger partial charge in [0.05, 0.1) is 4.90 Å². The van der Waals surface area contributed by atoms with Crippen molar-refractivity contribution in [2.75, 3.05) is 13.2 Å². The Hall–Kier alpha value is -3.94. The lowest BCUT2D eigenvalue weighted by Gasteiger charge is -2.16. The number of fused-ring (bicyclic) bond motifs is 1. The maximum atomic E-state index is 13.1. The molecule has 10 heteroatoms. The van der Waals surface area contributed by atoms with Crippen LogP contribution in [0.2, 0.25) is 0 Å². The van der Waals surface area contributed by atoms with Crippen LogP contribution in [0.25, 0.3) is 10.8 Å². The number of carbonyl (C=O) groups excluding carboxylic acids is 2. The number of ether oxygens (including phenoxy) is 1. The lowest BCUT2D eigenvalue weighted by atomic mass is 10.1. The molecule has 1 aromatic heterocycles. The largest absolute Gasteiger partial charge is 0.481 e. The number of hydrogen-bond donors (Lipinski definition) is 3. The highest BCUT2D eigenvalue weighted by Crippen LogP contribution is 2.23. The number of benzene rings is 2. The second-order valence-electron chi connectivity index (χ2n) is 7.83. The maximum Gasteiger partial charge on any atom is 0.270 e. The van der Waals surface area contributed by atoms with E-state index in [1.807, 2.05) is 30.3 Å². The van der Waals surface area contributed by atoms with Crippen LogP contribution in [-0.2, 0) is 14.6 Å². The Morgan fingerprint density at radius 1 is 1.08 bits per heavy atom. The van der Waals surface area contributed by atoms with Crippen LogP contribution in [0.1, 0.15) is 36.7 Å². The molecule has 9 nitrogen and oxygen atoms in total. The number of unbranched alkanes of at least 4 members (excludes halogenated alkanes) is 1. The predicted molar refractivity (Wildman–Crippen MR) is 134 cm³/mol. The van der Waals surface area contributed by atoms with E-state index in [1.54, 1.807) is 13.1 Å². The number of rotatable bonds is 11. The Morgan fingerprint density at radius 3 is 2.56 bits per heavy atom. The van der Waals surface area contributed by atoms with Crippen LogP contribution in [0.15, 0.2) is 65.7 Å². The second-order valence-corrected chi connectivity index (χ2v) is 9.96. The Labute approximate surface area is 209 Å². The Balaban J connectivity index is 1.58. The van der Waals surface area contributed by atoms with E-state index in [0.29, 0.717) is 24.3 Å². The zero-order valence-electron chi connectivity index (χ0n) is 19.7. The summed E-state index contributed by atoms with van der Waals surface area (Å²) in [5.74, 6) is 4.52.